The second-order valence-electron chi connectivity index (χ2n) is 15.4. The first kappa shape index (κ1) is 36.0. The molecule has 7 aromatic carbocycles. The van der Waals surface area contributed by atoms with Gasteiger partial charge in [-0.05, 0) is 77.2 Å². The van der Waals surface area contributed by atoms with E-state index in [2.05, 4.69) is 165 Å². The van der Waals surface area contributed by atoms with Gasteiger partial charge in [0.15, 0.2) is 5.82 Å². The monoisotopic (exact) mass is 779 g/mol. The minimum absolute atomic E-state index is 0.676. The molecule has 0 unspecified atom stereocenters. The molecule has 0 radical (unpaired) electrons. The molecule has 11 aromatic rings. The zero-order valence-corrected chi connectivity index (χ0v) is 33.4. The van der Waals surface area contributed by atoms with E-state index >= 15 is 0 Å². The number of aryl methyl sites for hydroxylation is 1. The Labute approximate surface area is 353 Å². The van der Waals surface area contributed by atoms with Crippen LogP contribution < -0.4 is 0 Å². The Balaban J connectivity index is 0.994. The van der Waals surface area contributed by atoms with Crippen molar-refractivity contribution in [3.8, 4) is 78.5 Å². The van der Waals surface area contributed by atoms with E-state index in [9.17, 15) is 0 Å². The van der Waals surface area contributed by atoms with E-state index in [4.69, 9.17) is 24.9 Å². The van der Waals surface area contributed by atoms with Crippen LogP contribution in [-0.2, 0) is 0 Å². The van der Waals surface area contributed by atoms with Gasteiger partial charge in [-0.25, -0.2) is 15.0 Å². The van der Waals surface area contributed by atoms with Gasteiger partial charge in [0.05, 0.1) is 33.6 Å². The summed E-state index contributed by atoms with van der Waals surface area (Å²) in [6.45, 7) is 2.06. The summed E-state index contributed by atoms with van der Waals surface area (Å²) in [5.41, 5.74) is 17.1. The van der Waals surface area contributed by atoms with Crippen LogP contribution in [0.25, 0.3) is 111 Å². The highest BCUT2D eigenvalue weighted by atomic mass is 14.9. The summed E-state index contributed by atoms with van der Waals surface area (Å²) in [6.07, 6.45) is 1.85. The molecule has 0 bridgehead atoms. The van der Waals surface area contributed by atoms with Crippen LogP contribution >= 0.6 is 0 Å². The fourth-order valence-electron chi connectivity index (χ4n) is 8.37. The van der Waals surface area contributed by atoms with Gasteiger partial charge in [0, 0.05) is 55.9 Å². The van der Waals surface area contributed by atoms with Gasteiger partial charge < -0.3 is 0 Å². The van der Waals surface area contributed by atoms with Gasteiger partial charge in [-0.1, -0.05) is 158 Å². The van der Waals surface area contributed by atoms with Crippen LogP contribution in [0.1, 0.15) is 5.69 Å². The highest BCUT2D eigenvalue weighted by Crippen LogP contribution is 2.37. The van der Waals surface area contributed by atoms with E-state index in [0.29, 0.717) is 5.82 Å². The third-order valence-electron chi connectivity index (χ3n) is 11.4. The molecule has 0 spiro atoms. The van der Waals surface area contributed by atoms with Crippen LogP contribution in [0.4, 0.5) is 0 Å². The lowest BCUT2D eigenvalue weighted by atomic mass is 9.94. The summed E-state index contributed by atoms with van der Waals surface area (Å²) in [4.78, 5) is 25.3. The molecule has 0 atom stereocenters. The number of fused-ring (bicyclic) bond motifs is 4. The van der Waals surface area contributed by atoms with Crippen LogP contribution in [0.5, 0.6) is 0 Å². The van der Waals surface area contributed by atoms with Gasteiger partial charge in [0.2, 0.25) is 0 Å². The maximum Gasteiger partial charge on any atom is 0.160 e. The van der Waals surface area contributed by atoms with Crippen LogP contribution in [-0.4, -0.2) is 24.9 Å². The molecule has 0 aliphatic heterocycles. The number of pyridine rings is 3. The Morgan fingerprint density at radius 3 is 1.61 bits per heavy atom. The second kappa shape index (κ2) is 15.2. The molecule has 5 nitrogen and oxygen atoms in total. The lowest BCUT2D eigenvalue weighted by Gasteiger charge is -2.13. The molecule has 0 N–H and O–H groups in total. The van der Waals surface area contributed by atoms with Gasteiger partial charge in [0.25, 0.3) is 0 Å². The number of benzene rings is 7. The number of aromatic nitrogens is 5. The van der Waals surface area contributed by atoms with Gasteiger partial charge in [-0.3, -0.25) is 9.97 Å². The van der Waals surface area contributed by atoms with Crippen molar-refractivity contribution in [2.24, 2.45) is 0 Å². The number of hydrogen-bond acceptors (Lipinski definition) is 5. The maximum atomic E-state index is 5.18. The molecule has 0 aliphatic rings. The Morgan fingerprint density at radius 2 is 0.869 bits per heavy atom. The van der Waals surface area contributed by atoms with E-state index in [1.165, 1.54) is 0 Å². The summed E-state index contributed by atoms with van der Waals surface area (Å²) < 4.78 is 0. The fourth-order valence-corrected chi connectivity index (χ4v) is 8.37. The largest absolute Gasteiger partial charge is 0.256 e. The second-order valence-corrected chi connectivity index (χ2v) is 15.4. The molecular formula is C56H37N5. The van der Waals surface area contributed by atoms with E-state index in [1.54, 1.807) is 0 Å². The van der Waals surface area contributed by atoms with Crippen molar-refractivity contribution in [3.63, 3.8) is 0 Å². The summed E-state index contributed by atoms with van der Waals surface area (Å²) in [6, 6.07) is 69.8. The molecule has 11 rings (SSSR count). The van der Waals surface area contributed by atoms with Crippen LogP contribution in [0.3, 0.4) is 0 Å². The van der Waals surface area contributed by atoms with Crippen LogP contribution in [0.2, 0.25) is 0 Å². The van der Waals surface area contributed by atoms with Gasteiger partial charge >= 0.3 is 0 Å². The molecule has 5 heteroatoms. The molecule has 0 saturated heterocycles. The van der Waals surface area contributed by atoms with Crippen molar-refractivity contribution >= 4 is 32.7 Å². The van der Waals surface area contributed by atoms with E-state index in [-0.39, 0.29) is 0 Å². The van der Waals surface area contributed by atoms with Crippen molar-refractivity contribution in [3.05, 3.63) is 212 Å². The molecule has 0 aliphatic carbocycles. The van der Waals surface area contributed by atoms with Crippen LogP contribution in [0.15, 0.2) is 206 Å². The third kappa shape index (κ3) is 6.88. The van der Waals surface area contributed by atoms with E-state index < -0.39 is 0 Å². The van der Waals surface area contributed by atoms with E-state index in [0.717, 1.165) is 111 Å². The van der Waals surface area contributed by atoms with Crippen molar-refractivity contribution in [2.45, 2.75) is 6.92 Å². The first-order valence-corrected chi connectivity index (χ1v) is 20.5. The lowest BCUT2D eigenvalue weighted by molar-refractivity contribution is 1.18. The molecular weight excluding hydrogens is 743 g/mol. The molecule has 4 heterocycles. The van der Waals surface area contributed by atoms with E-state index in [1.807, 2.05) is 48.7 Å². The standard InChI is InChI=1S/C56H37N5/c1-36-31-49(48-28-26-39-27-29-50(37-13-4-2-5-14-37)59-54(39)55(48)58-36)44-21-8-18-41(32-44)42-19-9-22-45(33-42)51-35-52(61-56(60-51)40-15-6-3-7-16-40)46-23-10-20-43(34-46)47-25-11-17-38-24-12-30-57-53(38)47/h2-35H,1H3. The minimum Gasteiger partial charge on any atom is -0.256 e. The summed E-state index contributed by atoms with van der Waals surface area (Å²) in [5.74, 6) is 0.676. The highest BCUT2D eigenvalue weighted by Gasteiger charge is 2.16. The fraction of sp³-hybridized carbons (Fsp3) is 0.0179. The molecule has 4 aromatic heterocycles. The number of rotatable bonds is 7. The Kier molecular flexibility index (Phi) is 8.98. The average Bonchev–Trinajstić information content (AvgIpc) is 3.34. The maximum absolute atomic E-state index is 5.18. The topological polar surface area (TPSA) is 64.5 Å². The molecule has 61 heavy (non-hydrogen) atoms. The SMILES string of the molecule is Cc1cc(-c2cccc(-c3cccc(-c4cc(-c5cccc(-c6cccc7cccnc67)c5)nc(-c5ccccc5)n4)c3)c2)c2ccc3ccc(-c4ccccc4)nc3c2n1. The minimum atomic E-state index is 0.676. The predicted octanol–water partition coefficient (Wildman–Crippen LogP) is 14.1. The summed E-state index contributed by atoms with van der Waals surface area (Å²) in [5, 5.41) is 3.25. The highest BCUT2D eigenvalue weighted by molar-refractivity contribution is 6.09. The molecule has 286 valence electrons. The first-order chi connectivity index (χ1) is 30.1. The van der Waals surface area contributed by atoms with Crippen molar-refractivity contribution < 1.29 is 0 Å². The quantitative estimate of drug-likeness (QED) is 0.151. The van der Waals surface area contributed by atoms with Gasteiger partial charge in [-0.15, -0.1) is 0 Å². The van der Waals surface area contributed by atoms with Gasteiger partial charge in [0.1, 0.15) is 0 Å². The van der Waals surface area contributed by atoms with Crippen LogP contribution in [0, 0.1) is 6.92 Å². The average molecular weight is 780 g/mol. The summed E-state index contributed by atoms with van der Waals surface area (Å²) >= 11 is 0. The zero-order valence-electron chi connectivity index (χ0n) is 33.4. The Hall–Kier alpha value is -8.15. The first-order valence-electron chi connectivity index (χ1n) is 20.5. The predicted molar refractivity (Wildman–Crippen MR) is 251 cm³/mol. The summed E-state index contributed by atoms with van der Waals surface area (Å²) in [7, 11) is 0. The van der Waals surface area contributed by atoms with Crippen molar-refractivity contribution in [1.82, 2.24) is 24.9 Å². The van der Waals surface area contributed by atoms with Crippen molar-refractivity contribution in [1.29, 1.82) is 0 Å². The molecule has 0 fully saturated rings. The number of hydrogen-bond donors (Lipinski definition) is 0. The number of nitrogens with zero attached hydrogens (tertiary/aromatic N) is 5. The van der Waals surface area contributed by atoms with Crippen molar-refractivity contribution in [2.75, 3.05) is 0 Å². The molecule has 0 amide bonds. The lowest BCUT2D eigenvalue weighted by Crippen LogP contribution is -1.96. The number of para-hydroxylation sites is 1. The third-order valence-corrected chi connectivity index (χ3v) is 11.4. The zero-order chi connectivity index (χ0) is 40.7. The Morgan fingerprint density at radius 1 is 0.311 bits per heavy atom. The molecule has 0 saturated carbocycles. The van der Waals surface area contributed by atoms with Gasteiger partial charge in [-0.2, -0.15) is 0 Å². The normalized spacial score (nSPS) is 11.4. The smallest absolute Gasteiger partial charge is 0.160 e. The Bertz CT molecular complexity index is 3430.